The Labute approximate surface area is 118 Å². The molecule has 0 aliphatic carbocycles. The van der Waals surface area contributed by atoms with Gasteiger partial charge in [-0.3, -0.25) is 4.98 Å². The maximum absolute atomic E-state index is 11.4. The second-order valence-corrected chi connectivity index (χ2v) is 4.59. The van der Waals surface area contributed by atoms with Crippen LogP contribution in [-0.4, -0.2) is 16.1 Å². The molecule has 0 unspecified atom stereocenters. The van der Waals surface area contributed by atoms with E-state index in [0.717, 1.165) is 17.7 Å². The highest BCUT2D eigenvalue weighted by molar-refractivity contribution is 5.92. The summed E-state index contributed by atoms with van der Waals surface area (Å²) >= 11 is 0. The topological polar surface area (TPSA) is 59.4 Å². The van der Waals surface area contributed by atoms with E-state index < -0.39 is 5.97 Å². The number of aromatic carboxylic acids is 1. The number of carboxylic acid groups (broad SMARTS) is 1. The molecule has 104 valence electrons. The Balaban J connectivity index is 2.50. The number of pyridine rings is 1. The highest BCUT2D eigenvalue weighted by Gasteiger charge is 2.18. The van der Waals surface area contributed by atoms with E-state index in [2.05, 4.69) is 4.98 Å². The fourth-order valence-electron chi connectivity index (χ4n) is 2.15. The summed E-state index contributed by atoms with van der Waals surface area (Å²) < 4.78 is 5.83. The summed E-state index contributed by atoms with van der Waals surface area (Å²) in [5.41, 5.74) is 2.34. The smallest absolute Gasteiger partial charge is 0.341 e. The Hall–Kier alpha value is -2.36. The molecule has 1 heterocycles. The number of aryl methyl sites for hydroxylation is 3. The van der Waals surface area contributed by atoms with Gasteiger partial charge in [-0.1, -0.05) is 25.1 Å². The van der Waals surface area contributed by atoms with E-state index in [1.807, 2.05) is 38.1 Å². The molecule has 0 saturated heterocycles. The minimum atomic E-state index is -1.03. The lowest BCUT2D eigenvalue weighted by Crippen LogP contribution is -2.06. The van der Waals surface area contributed by atoms with Gasteiger partial charge in [-0.2, -0.15) is 0 Å². The van der Waals surface area contributed by atoms with Crippen molar-refractivity contribution in [2.24, 2.45) is 0 Å². The summed E-state index contributed by atoms with van der Waals surface area (Å²) in [6, 6.07) is 9.28. The molecule has 1 aromatic carbocycles. The van der Waals surface area contributed by atoms with Gasteiger partial charge < -0.3 is 9.84 Å². The third kappa shape index (κ3) is 2.79. The van der Waals surface area contributed by atoms with E-state index in [1.54, 1.807) is 13.0 Å². The molecule has 0 amide bonds. The van der Waals surface area contributed by atoms with Gasteiger partial charge in [0.2, 0.25) is 0 Å². The SMILES string of the molecule is CCc1ccccc1Oc1cc(C)nc(C)c1C(=O)O. The quantitative estimate of drug-likeness (QED) is 0.920. The molecule has 0 radical (unpaired) electrons. The minimum absolute atomic E-state index is 0.113. The Morgan fingerprint density at radius 3 is 2.60 bits per heavy atom. The zero-order valence-corrected chi connectivity index (χ0v) is 11.8. The first-order chi connectivity index (χ1) is 9.52. The monoisotopic (exact) mass is 271 g/mol. The number of ether oxygens (including phenoxy) is 1. The van der Waals surface area contributed by atoms with Crippen LogP contribution in [0.3, 0.4) is 0 Å². The second kappa shape index (κ2) is 5.74. The third-order valence-electron chi connectivity index (χ3n) is 3.08. The Morgan fingerprint density at radius 1 is 1.25 bits per heavy atom. The van der Waals surface area contributed by atoms with E-state index >= 15 is 0 Å². The van der Waals surface area contributed by atoms with Gasteiger partial charge in [0, 0.05) is 11.8 Å². The van der Waals surface area contributed by atoms with Gasteiger partial charge in [0.25, 0.3) is 0 Å². The first-order valence-electron chi connectivity index (χ1n) is 6.50. The van der Waals surface area contributed by atoms with Gasteiger partial charge in [0.1, 0.15) is 17.1 Å². The number of hydrogen-bond acceptors (Lipinski definition) is 3. The molecule has 0 aliphatic heterocycles. The average Bonchev–Trinajstić information content (AvgIpc) is 2.38. The number of carboxylic acids is 1. The van der Waals surface area contributed by atoms with Crippen molar-refractivity contribution in [1.29, 1.82) is 0 Å². The third-order valence-corrected chi connectivity index (χ3v) is 3.08. The van der Waals surface area contributed by atoms with Crippen LogP contribution in [0.2, 0.25) is 0 Å². The molecule has 0 bridgehead atoms. The van der Waals surface area contributed by atoms with E-state index in [0.29, 0.717) is 17.2 Å². The van der Waals surface area contributed by atoms with Crippen molar-refractivity contribution in [2.75, 3.05) is 0 Å². The van der Waals surface area contributed by atoms with Crippen molar-refractivity contribution in [3.05, 3.63) is 52.8 Å². The second-order valence-electron chi connectivity index (χ2n) is 4.59. The molecule has 0 atom stereocenters. The summed E-state index contributed by atoms with van der Waals surface area (Å²) in [6.07, 6.45) is 0.821. The summed E-state index contributed by atoms with van der Waals surface area (Å²) in [6.45, 7) is 5.52. The summed E-state index contributed by atoms with van der Waals surface area (Å²) in [5.74, 6) is -0.00937. The molecule has 4 nitrogen and oxygen atoms in total. The van der Waals surface area contributed by atoms with Crippen molar-refractivity contribution >= 4 is 5.97 Å². The van der Waals surface area contributed by atoms with E-state index in [1.165, 1.54) is 0 Å². The van der Waals surface area contributed by atoms with Crippen LogP contribution in [-0.2, 0) is 6.42 Å². The highest BCUT2D eigenvalue weighted by atomic mass is 16.5. The van der Waals surface area contributed by atoms with Crippen LogP contribution in [0, 0.1) is 13.8 Å². The Bertz CT molecular complexity index is 650. The predicted octanol–water partition coefficient (Wildman–Crippen LogP) is 3.75. The van der Waals surface area contributed by atoms with E-state index in [-0.39, 0.29) is 5.56 Å². The molecule has 1 aromatic heterocycles. The molecular formula is C16H17NO3. The van der Waals surface area contributed by atoms with Gasteiger partial charge in [-0.15, -0.1) is 0 Å². The average molecular weight is 271 g/mol. The first kappa shape index (κ1) is 14.1. The normalized spacial score (nSPS) is 10.3. The molecule has 2 rings (SSSR count). The molecule has 2 aromatic rings. The van der Waals surface area contributed by atoms with Crippen LogP contribution in [0.4, 0.5) is 0 Å². The number of nitrogens with zero attached hydrogens (tertiary/aromatic N) is 1. The largest absolute Gasteiger partial charge is 0.477 e. The van der Waals surface area contributed by atoms with Gasteiger partial charge in [0.15, 0.2) is 0 Å². The van der Waals surface area contributed by atoms with Crippen LogP contribution < -0.4 is 4.74 Å². The maximum Gasteiger partial charge on any atom is 0.341 e. The van der Waals surface area contributed by atoms with Crippen LogP contribution in [0.5, 0.6) is 11.5 Å². The number of hydrogen-bond donors (Lipinski definition) is 1. The summed E-state index contributed by atoms with van der Waals surface area (Å²) in [7, 11) is 0. The lowest BCUT2D eigenvalue weighted by Gasteiger charge is -2.13. The molecule has 0 fully saturated rings. The fourth-order valence-corrected chi connectivity index (χ4v) is 2.15. The van der Waals surface area contributed by atoms with Gasteiger partial charge in [-0.05, 0) is 31.9 Å². The Kier molecular flexibility index (Phi) is 4.03. The first-order valence-corrected chi connectivity index (χ1v) is 6.50. The lowest BCUT2D eigenvalue weighted by atomic mass is 10.1. The van der Waals surface area contributed by atoms with E-state index in [4.69, 9.17) is 4.74 Å². The summed E-state index contributed by atoms with van der Waals surface area (Å²) in [5, 5.41) is 9.32. The van der Waals surface area contributed by atoms with Crippen LogP contribution in [0.25, 0.3) is 0 Å². The highest BCUT2D eigenvalue weighted by Crippen LogP contribution is 2.30. The molecular weight excluding hydrogens is 254 g/mol. The van der Waals surface area contributed by atoms with Gasteiger partial charge in [0.05, 0.1) is 5.69 Å². The van der Waals surface area contributed by atoms with Gasteiger partial charge in [-0.25, -0.2) is 4.79 Å². The van der Waals surface area contributed by atoms with Crippen molar-refractivity contribution in [1.82, 2.24) is 4.98 Å². The van der Waals surface area contributed by atoms with E-state index in [9.17, 15) is 9.90 Å². The van der Waals surface area contributed by atoms with Crippen molar-refractivity contribution in [3.8, 4) is 11.5 Å². The summed E-state index contributed by atoms with van der Waals surface area (Å²) in [4.78, 5) is 15.6. The lowest BCUT2D eigenvalue weighted by molar-refractivity contribution is 0.0692. The molecule has 0 saturated carbocycles. The molecule has 20 heavy (non-hydrogen) atoms. The number of para-hydroxylation sites is 1. The zero-order valence-electron chi connectivity index (χ0n) is 11.8. The fraction of sp³-hybridized carbons (Fsp3) is 0.250. The molecule has 1 N–H and O–H groups in total. The van der Waals surface area contributed by atoms with Crippen LogP contribution in [0.1, 0.15) is 34.2 Å². The van der Waals surface area contributed by atoms with Crippen LogP contribution in [0.15, 0.2) is 30.3 Å². The maximum atomic E-state index is 11.4. The Morgan fingerprint density at radius 2 is 1.95 bits per heavy atom. The molecule has 4 heteroatoms. The van der Waals surface area contributed by atoms with Crippen LogP contribution >= 0.6 is 0 Å². The number of aromatic nitrogens is 1. The van der Waals surface area contributed by atoms with Crippen molar-refractivity contribution < 1.29 is 14.6 Å². The van der Waals surface area contributed by atoms with Gasteiger partial charge >= 0.3 is 5.97 Å². The standard InChI is InChI=1S/C16H17NO3/c1-4-12-7-5-6-8-13(12)20-14-9-10(2)17-11(3)15(14)16(18)19/h5-9H,4H2,1-3H3,(H,18,19). The predicted molar refractivity (Wildman–Crippen MR) is 76.6 cm³/mol. The number of benzene rings is 1. The van der Waals surface area contributed by atoms with Crippen molar-refractivity contribution in [3.63, 3.8) is 0 Å². The van der Waals surface area contributed by atoms with Crippen molar-refractivity contribution in [2.45, 2.75) is 27.2 Å². The molecule has 0 spiro atoms. The molecule has 0 aliphatic rings. The minimum Gasteiger partial charge on any atom is -0.477 e. The zero-order chi connectivity index (χ0) is 14.7. The number of rotatable bonds is 4. The number of carbonyl (C=O) groups is 1.